The Hall–Kier alpha value is -2.99. The minimum absolute atomic E-state index is 0.156. The van der Waals surface area contributed by atoms with Gasteiger partial charge in [0.2, 0.25) is 0 Å². The summed E-state index contributed by atoms with van der Waals surface area (Å²) in [6.07, 6.45) is 1.27. The molecule has 1 N–H and O–H groups in total. The summed E-state index contributed by atoms with van der Waals surface area (Å²) >= 11 is 6.46. The van der Waals surface area contributed by atoms with E-state index in [0.717, 1.165) is 39.6 Å². The van der Waals surface area contributed by atoms with Gasteiger partial charge in [-0.2, -0.15) is 0 Å². The first-order valence-corrected chi connectivity index (χ1v) is 11.3. The number of aryl methyl sites for hydroxylation is 2. The summed E-state index contributed by atoms with van der Waals surface area (Å²) in [4.78, 5) is 25.3. The number of carboxylic acid groups (broad SMARTS) is 1. The number of hydrogen-bond acceptors (Lipinski definition) is 2. The Morgan fingerprint density at radius 3 is 2.41 bits per heavy atom. The first-order chi connectivity index (χ1) is 15.2. The highest BCUT2D eigenvalue weighted by Gasteiger charge is 2.22. The van der Waals surface area contributed by atoms with Gasteiger partial charge in [0.1, 0.15) is 0 Å². The van der Waals surface area contributed by atoms with Gasteiger partial charge in [-0.25, -0.2) is 4.79 Å². The number of benzene rings is 2. The van der Waals surface area contributed by atoms with Gasteiger partial charge in [0, 0.05) is 29.7 Å². The predicted octanol–water partition coefficient (Wildman–Crippen LogP) is 5.11. The lowest BCUT2D eigenvalue weighted by Crippen LogP contribution is -2.30. The summed E-state index contributed by atoms with van der Waals surface area (Å²) in [5, 5.41) is 11.4. The molecule has 0 fully saturated rings. The Kier molecular flexibility index (Phi) is 5.91. The summed E-state index contributed by atoms with van der Waals surface area (Å²) < 4.78 is 5.47. The molecule has 0 saturated carbocycles. The van der Waals surface area contributed by atoms with E-state index in [1.807, 2.05) is 50.4 Å². The molecule has 0 aliphatic heterocycles. The average molecular weight is 454 g/mol. The summed E-state index contributed by atoms with van der Waals surface area (Å²) in [6, 6.07) is 11.4. The van der Waals surface area contributed by atoms with Crippen LogP contribution in [0.4, 0.5) is 0 Å². The van der Waals surface area contributed by atoms with E-state index in [4.69, 9.17) is 11.6 Å². The first-order valence-electron chi connectivity index (χ1n) is 10.9. The van der Waals surface area contributed by atoms with Crippen LogP contribution >= 0.6 is 11.6 Å². The molecule has 0 radical (unpaired) electrons. The molecule has 4 aromatic rings. The van der Waals surface area contributed by atoms with Crippen molar-refractivity contribution >= 4 is 39.5 Å². The van der Waals surface area contributed by atoms with E-state index in [0.29, 0.717) is 18.0 Å². The number of aromatic nitrogens is 3. The van der Waals surface area contributed by atoms with Crippen LogP contribution in [0.5, 0.6) is 0 Å². The van der Waals surface area contributed by atoms with E-state index in [-0.39, 0.29) is 12.2 Å². The summed E-state index contributed by atoms with van der Waals surface area (Å²) in [5.41, 5.74) is 5.67. The topological polar surface area (TPSA) is 69.2 Å². The highest BCUT2D eigenvalue weighted by molar-refractivity contribution is 6.31. The minimum atomic E-state index is -0.873. The largest absolute Gasteiger partial charge is 0.481 e. The lowest BCUT2D eigenvalue weighted by atomic mass is 10.0. The van der Waals surface area contributed by atoms with E-state index in [1.165, 1.54) is 5.56 Å². The number of fused-ring (bicyclic) bond motifs is 2. The van der Waals surface area contributed by atoms with Crippen LogP contribution in [0.1, 0.15) is 36.6 Å². The number of carboxylic acids is 1. The van der Waals surface area contributed by atoms with Gasteiger partial charge in [0.15, 0.2) is 0 Å². The van der Waals surface area contributed by atoms with E-state index in [2.05, 4.69) is 18.4 Å². The Bertz CT molecular complexity index is 1390. The standard InChI is InChI=1S/C25H28ClN3O3/c1-5-8-17(24(30)31)13-28-21-9-6-7-10-22(21)29(25(28)32)14-18-11-19(26)12-20-15(2)16(3)27(4)23(18)20/h6-7,9-12,17H,5,8,13-14H2,1-4H3,(H,30,31). The van der Waals surface area contributed by atoms with Crippen LogP contribution in [0.2, 0.25) is 5.02 Å². The lowest BCUT2D eigenvalue weighted by Gasteiger charge is -2.12. The monoisotopic (exact) mass is 453 g/mol. The lowest BCUT2D eigenvalue weighted by molar-refractivity contribution is -0.142. The number of rotatable bonds is 7. The van der Waals surface area contributed by atoms with Crippen LogP contribution in [-0.4, -0.2) is 24.8 Å². The zero-order chi connectivity index (χ0) is 23.2. The van der Waals surface area contributed by atoms with Crippen molar-refractivity contribution in [2.45, 2.75) is 46.7 Å². The van der Waals surface area contributed by atoms with E-state index >= 15 is 0 Å². The molecule has 1 unspecified atom stereocenters. The minimum Gasteiger partial charge on any atom is -0.481 e. The van der Waals surface area contributed by atoms with Crippen molar-refractivity contribution in [1.29, 1.82) is 0 Å². The maximum atomic E-state index is 13.5. The molecule has 2 aromatic carbocycles. The van der Waals surface area contributed by atoms with Gasteiger partial charge in [-0.05, 0) is 55.7 Å². The summed E-state index contributed by atoms with van der Waals surface area (Å²) in [6.45, 7) is 6.62. The fourth-order valence-electron chi connectivity index (χ4n) is 4.71. The molecule has 0 amide bonds. The van der Waals surface area contributed by atoms with Crippen molar-refractivity contribution in [3.8, 4) is 0 Å². The third kappa shape index (κ3) is 3.62. The molecule has 168 valence electrons. The molecular formula is C25H28ClN3O3. The Morgan fingerprint density at radius 2 is 1.78 bits per heavy atom. The maximum Gasteiger partial charge on any atom is 0.329 e. The van der Waals surface area contributed by atoms with Gasteiger partial charge in [-0.1, -0.05) is 37.1 Å². The van der Waals surface area contributed by atoms with Crippen LogP contribution in [0.15, 0.2) is 41.2 Å². The molecule has 0 aliphatic carbocycles. The van der Waals surface area contributed by atoms with Gasteiger partial charge in [-0.3, -0.25) is 13.9 Å². The molecule has 0 aliphatic rings. The second kappa shape index (κ2) is 8.51. The van der Waals surface area contributed by atoms with Crippen molar-refractivity contribution in [2.24, 2.45) is 13.0 Å². The fourth-order valence-corrected chi connectivity index (χ4v) is 4.95. The second-order valence-electron chi connectivity index (χ2n) is 8.52. The smallest absolute Gasteiger partial charge is 0.329 e. The zero-order valence-electron chi connectivity index (χ0n) is 18.9. The molecule has 7 heteroatoms. The fraction of sp³-hybridized carbons (Fsp3) is 0.360. The van der Waals surface area contributed by atoms with Gasteiger partial charge in [-0.15, -0.1) is 0 Å². The van der Waals surface area contributed by atoms with E-state index in [1.54, 1.807) is 9.13 Å². The van der Waals surface area contributed by atoms with Crippen LogP contribution in [-0.2, 0) is 24.9 Å². The molecule has 32 heavy (non-hydrogen) atoms. The summed E-state index contributed by atoms with van der Waals surface area (Å²) in [5.74, 6) is -1.48. The van der Waals surface area contributed by atoms with Gasteiger partial charge in [0.25, 0.3) is 0 Å². The summed E-state index contributed by atoms with van der Waals surface area (Å²) in [7, 11) is 2.02. The van der Waals surface area contributed by atoms with Crippen LogP contribution in [0, 0.1) is 19.8 Å². The Labute approximate surface area is 191 Å². The third-order valence-electron chi connectivity index (χ3n) is 6.58. The molecule has 2 heterocycles. The molecular weight excluding hydrogens is 426 g/mol. The molecule has 0 bridgehead atoms. The number of hydrogen-bond donors (Lipinski definition) is 1. The van der Waals surface area contributed by atoms with Crippen molar-refractivity contribution in [3.63, 3.8) is 0 Å². The molecule has 1 atom stereocenters. The molecule has 0 spiro atoms. The zero-order valence-corrected chi connectivity index (χ0v) is 19.6. The number of aliphatic carboxylic acids is 1. The number of halogens is 1. The number of nitrogens with zero attached hydrogens (tertiary/aromatic N) is 3. The molecule has 6 nitrogen and oxygen atoms in total. The molecule has 4 rings (SSSR count). The van der Waals surface area contributed by atoms with Gasteiger partial charge in [0.05, 0.1) is 29.0 Å². The number of carbonyl (C=O) groups is 1. The van der Waals surface area contributed by atoms with Crippen molar-refractivity contribution in [1.82, 2.24) is 13.7 Å². The van der Waals surface area contributed by atoms with Crippen molar-refractivity contribution in [2.75, 3.05) is 0 Å². The quantitative estimate of drug-likeness (QED) is 0.422. The Morgan fingerprint density at radius 1 is 1.12 bits per heavy atom. The van der Waals surface area contributed by atoms with Crippen molar-refractivity contribution in [3.05, 3.63) is 68.7 Å². The van der Waals surface area contributed by atoms with Crippen LogP contribution in [0.3, 0.4) is 0 Å². The molecule has 2 aromatic heterocycles. The first kappa shape index (κ1) is 22.2. The SMILES string of the molecule is CCCC(Cn1c(=O)n(Cc2cc(Cl)cc3c(C)c(C)n(C)c23)c2ccccc21)C(=O)O. The third-order valence-corrected chi connectivity index (χ3v) is 6.80. The Balaban J connectivity index is 1.89. The van der Waals surface area contributed by atoms with Crippen molar-refractivity contribution < 1.29 is 9.90 Å². The normalized spacial score (nSPS) is 12.7. The highest BCUT2D eigenvalue weighted by Crippen LogP contribution is 2.31. The second-order valence-corrected chi connectivity index (χ2v) is 8.96. The number of para-hydroxylation sites is 2. The maximum absolute atomic E-state index is 13.5. The highest BCUT2D eigenvalue weighted by atomic mass is 35.5. The van der Waals surface area contributed by atoms with E-state index < -0.39 is 11.9 Å². The van der Waals surface area contributed by atoms with Gasteiger partial charge < -0.3 is 9.67 Å². The molecule has 0 saturated heterocycles. The van der Waals surface area contributed by atoms with Gasteiger partial charge >= 0.3 is 11.7 Å². The predicted molar refractivity (Wildman–Crippen MR) is 129 cm³/mol. The average Bonchev–Trinajstić information content (AvgIpc) is 3.14. The van der Waals surface area contributed by atoms with Crippen LogP contribution in [0.25, 0.3) is 21.9 Å². The number of imidazole rings is 1. The van der Waals surface area contributed by atoms with Crippen LogP contribution < -0.4 is 5.69 Å². The van der Waals surface area contributed by atoms with E-state index in [9.17, 15) is 14.7 Å².